The number of aliphatic hydroxyl groups is 1. The van der Waals surface area contributed by atoms with Crippen LogP contribution in [0, 0.1) is 5.82 Å². The summed E-state index contributed by atoms with van der Waals surface area (Å²) in [6.45, 7) is 8.24. The first-order chi connectivity index (χ1) is 14.9. The average molecular weight is 426 g/mol. The number of nitrogens with zero attached hydrogens (tertiary/aromatic N) is 1. The largest absolute Gasteiger partial charge is 0.481 e. The highest BCUT2D eigenvalue weighted by molar-refractivity contribution is 6.01. The van der Waals surface area contributed by atoms with Gasteiger partial charge >= 0.3 is 5.97 Å². The standard InChI is InChI=1S/C24H26FNO3.C2H6/c1-16(2)26-21-9-6-4-8-20(21)24(17-11-13-18(25)14-12-17)22(26)10-5-3-7-19(27)15-23(28)29;1-2/h4-6,8-14,16,19,27H,3,7,15H2,1-2H3,(H,28,29);1-2H3/b10-5+;. The van der Waals surface area contributed by atoms with Crippen molar-refractivity contribution in [1.29, 1.82) is 0 Å². The number of aliphatic carboxylic acids is 1. The molecule has 2 aromatic carbocycles. The fourth-order valence-corrected chi connectivity index (χ4v) is 3.71. The van der Waals surface area contributed by atoms with E-state index < -0.39 is 12.1 Å². The first kappa shape index (κ1) is 24.4. The minimum atomic E-state index is -1.000. The van der Waals surface area contributed by atoms with Gasteiger partial charge in [0.15, 0.2) is 0 Å². The van der Waals surface area contributed by atoms with Crippen LogP contribution < -0.4 is 0 Å². The Morgan fingerprint density at radius 3 is 2.35 bits per heavy atom. The van der Waals surface area contributed by atoms with Gasteiger partial charge in [-0.05, 0) is 56.5 Å². The van der Waals surface area contributed by atoms with Gasteiger partial charge in [0, 0.05) is 28.2 Å². The van der Waals surface area contributed by atoms with Gasteiger partial charge in [0.25, 0.3) is 0 Å². The maximum Gasteiger partial charge on any atom is 0.305 e. The predicted octanol–water partition coefficient (Wildman–Crippen LogP) is 6.68. The second-order valence-electron chi connectivity index (χ2n) is 7.48. The highest BCUT2D eigenvalue weighted by atomic mass is 19.1. The number of carboxylic acid groups (broad SMARTS) is 1. The molecule has 1 heterocycles. The average Bonchev–Trinajstić information content (AvgIpc) is 3.07. The van der Waals surface area contributed by atoms with Crippen LogP contribution in [0.15, 0.2) is 54.6 Å². The van der Waals surface area contributed by atoms with E-state index in [4.69, 9.17) is 5.11 Å². The summed E-state index contributed by atoms with van der Waals surface area (Å²) in [5.74, 6) is -1.27. The van der Waals surface area contributed by atoms with E-state index >= 15 is 0 Å². The van der Waals surface area contributed by atoms with Crippen LogP contribution in [0.3, 0.4) is 0 Å². The van der Waals surface area contributed by atoms with Gasteiger partial charge < -0.3 is 14.8 Å². The number of para-hydroxylation sites is 1. The van der Waals surface area contributed by atoms with E-state index in [1.165, 1.54) is 12.1 Å². The summed E-state index contributed by atoms with van der Waals surface area (Å²) in [6.07, 6.45) is 3.83. The van der Waals surface area contributed by atoms with E-state index in [9.17, 15) is 14.3 Å². The predicted molar refractivity (Wildman–Crippen MR) is 126 cm³/mol. The van der Waals surface area contributed by atoms with Crippen LogP contribution >= 0.6 is 0 Å². The molecule has 166 valence electrons. The summed E-state index contributed by atoms with van der Waals surface area (Å²) in [7, 11) is 0. The number of hydrogen-bond acceptors (Lipinski definition) is 2. The zero-order valence-corrected chi connectivity index (χ0v) is 18.7. The summed E-state index contributed by atoms with van der Waals surface area (Å²) >= 11 is 0. The second kappa shape index (κ2) is 11.5. The quantitative estimate of drug-likeness (QED) is 0.423. The molecular formula is C26H32FNO3. The van der Waals surface area contributed by atoms with Gasteiger partial charge in [-0.2, -0.15) is 0 Å². The Bertz CT molecular complexity index is 1020. The van der Waals surface area contributed by atoms with Crippen LogP contribution in [0.5, 0.6) is 0 Å². The summed E-state index contributed by atoms with van der Waals surface area (Å²) in [4.78, 5) is 10.7. The van der Waals surface area contributed by atoms with Gasteiger partial charge in [0.2, 0.25) is 0 Å². The van der Waals surface area contributed by atoms with Crippen molar-refractivity contribution in [2.45, 2.75) is 59.1 Å². The monoisotopic (exact) mass is 425 g/mol. The van der Waals surface area contributed by atoms with Crippen molar-refractivity contribution in [3.63, 3.8) is 0 Å². The third kappa shape index (κ3) is 6.05. The van der Waals surface area contributed by atoms with Crippen LogP contribution in [-0.4, -0.2) is 26.9 Å². The van der Waals surface area contributed by atoms with Crippen LogP contribution in [0.4, 0.5) is 4.39 Å². The van der Waals surface area contributed by atoms with Gasteiger partial charge in [-0.15, -0.1) is 0 Å². The molecule has 1 atom stereocenters. The molecular weight excluding hydrogens is 393 g/mol. The van der Waals surface area contributed by atoms with Crippen LogP contribution in [0.2, 0.25) is 0 Å². The summed E-state index contributed by atoms with van der Waals surface area (Å²) in [6, 6.07) is 14.9. The number of hydrogen-bond donors (Lipinski definition) is 2. The fourth-order valence-electron chi connectivity index (χ4n) is 3.71. The fraction of sp³-hybridized carbons (Fsp3) is 0.346. The van der Waals surface area contributed by atoms with Gasteiger partial charge in [-0.25, -0.2) is 4.39 Å². The molecule has 0 amide bonds. The van der Waals surface area contributed by atoms with E-state index in [2.05, 4.69) is 30.5 Å². The molecule has 0 aliphatic carbocycles. The first-order valence-corrected chi connectivity index (χ1v) is 10.8. The Labute approximate surface area is 183 Å². The molecule has 0 saturated heterocycles. The minimum absolute atomic E-state index is 0.214. The number of aromatic nitrogens is 1. The lowest BCUT2D eigenvalue weighted by Crippen LogP contribution is -2.12. The van der Waals surface area contributed by atoms with Crippen molar-refractivity contribution in [2.24, 2.45) is 0 Å². The number of halogens is 1. The van der Waals surface area contributed by atoms with E-state index in [0.29, 0.717) is 12.8 Å². The topological polar surface area (TPSA) is 62.5 Å². The molecule has 0 saturated carbocycles. The SMILES string of the molecule is CC.CC(C)n1c(/C=C/CCC(O)CC(=O)O)c(-c2ccc(F)cc2)c2ccccc21. The Morgan fingerprint density at radius 1 is 1.10 bits per heavy atom. The molecule has 0 spiro atoms. The lowest BCUT2D eigenvalue weighted by Gasteiger charge is -2.14. The second-order valence-corrected chi connectivity index (χ2v) is 7.48. The molecule has 4 nitrogen and oxygen atoms in total. The summed E-state index contributed by atoms with van der Waals surface area (Å²) in [5, 5.41) is 19.6. The van der Waals surface area contributed by atoms with Crippen LogP contribution in [0.25, 0.3) is 28.1 Å². The van der Waals surface area contributed by atoms with Crippen LogP contribution in [0.1, 0.15) is 58.7 Å². The molecule has 31 heavy (non-hydrogen) atoms. The Hall–Kier alpha value is -2.92. The zero-order chi connectivity index (χ0) is 23.0. The maximum absolute atomic E-state index is 13.5. The molecule has 0 radical (unpaired) electrons. The number of carbonyl (C=O) groups is 1. The smallest absolute Gasteiger partial charge is 0.305 e. The van der Waals surface area contributed by atoms with Gasteiger partial charge in [-0.3, -0.25) is 4.79 Å². The highest BCUT2D eigenvalue weighted by Crippen LogP contribution is 2.37. The van der Waals surface area contributed by atoms with E-state index in [-0.39, 0.29) is 18.3 Å². The first-order valence-electron chi connectivity index (χ1n) is 10.8. The number of allylic oxidation sites excluding steroid dienone is 1. The molecule has 1 unspecified atom stereocenters. The van der Waals surface area contributed by atoms with E-state index in [1.54, 1.807) is 12.1 Å². The van der Waals surface area contributed by atoms with Gasteiger partial charge in [0.05, 0.1) is 12.5 Å². The molecule has 2 N–H and O–H groups in total. The van der Waals surface area contributed by atoms with Crippen molar-refractivity contribution < 1.29 is 19.4 Å². The zero-order valence-electron chi connectivity index (χ0n) is 18.7. The molecule has 3 aromatic rings. The third-order valence-electron chi connectivity index (χ3n) is 4.95. The normalized spacial score (nSPS) is 12.2. The molecule has 0 aliphatic rings. The summed E-state index contributed by atoms with van der Waals surface area (Å²) in [5.41, 5.74) is 4.09. The van der Waals surface area contributed by atoms with Gasteiger partial charge in [0.1, 0.15) is 5.82 Å². The van der Waals surface area contributed by atoms with Crippen molar-refractivity contribution in [1.82, 2.24) is 4.57 Å². The van der Waals surface area contributed by atoms with Crippen LogP contribution in [-0.2, 0) is 4.79 Å². The molecule has 0 bridgehead atoms. The number of benzene rings is 2. The number of fused-ring (bicyclic) bond motifs is 1. The lowest BCUT2D eigenvalue weighted by molar-refractivity contribution is -0.139. The third-order valence-corrected chi connectivity index (χ3v) is 4.95. The Kier molecular flexibility index (Phi) is 9.01. The number of rotatable bonds is 8. The molecule has 3 rings (SSSR count). The summed E-state index contributed by atoms with van der Waals surface area (Å²) < 4.78 is 15.7. The van der Waals surface area contributed by atoms with Crippen molar-refractivity contribution in [3.05, 3.63) is 66.1 Å². The van der Waals surface area contributed by atoms with E-state index in [0.717, 1.165) is 27.7 Å². The van der Waals surface area contributed by atoms with E-state index in [1.807, 2.05) is 38.1 Å². The molecule has 0 aliphatic heterocycles. The lowest BCUT2D eigenvalue weighted by atomic mass is 10.0. The van der Waals surface area contributed by atoms with Gasteiger partial charge in [-0.1, -0.05) is 50.3 Å². The molecule has 1 aromatic heterocycles. The molecule has 0 fully saturated rings. The Balaban J connectivity index is 0.00000166. The Morgan fingerprint density at radius 2 is 1.74 bits per heavy atom. The minimum Gasteiger partial charge on any atom is -0.481 e. The maximum atomic E-state index is 13.5. The molecule has 5 heteroatoms. The highest BCUT2D eigenvalue weighted by Gasteiger charge is 2.18. The van der Waals surface area contributed by atoms with Crippen molar-refractivity contribution in [3.8, 4) is 11.1 Å². The number of carboxylic acids is 1. The van der Waals surface area contributed by atoms with Crippen molar-refractivity contribution in [2.75, 3.05) is 0 Å². The van der Waals surface area contributed by atoms with Crippen molar-refractivity contribution >= 4 is 22.9 Å². The number of aliphatic hydroxyl groups excluding tert-OH is 1.